The molecule has 0 aliphatic rings. The molecule has 2 rings (SSSR count). The third-order valence-corrected chi connectivity index (χ3v) is 5.26. The fourth-order valence-corrected chi connectivity index (χ4v) is 2.95. The Labute approximate surface area is 183 Å². The molecular formula is C22H28N4O4S. The molecule has 0 heterocycles. The predicted octanol–water partition coefficient (Wildman–Crippen LogP) is 2.54. The smallest absolute Gasteiger partial charge is 0.272 e. The van der Waals surface area contributed by atoms with E-state index in [4.69, 9.17) is 5.14 Å². The molecule has 0 atom stereocenters. The minimum Gasteiger partial charge on any atom is -0.378 e. The van der Waals surface area contributed by atoms with E-state index in [1.807, 2.05) is 43.3 Å². The Morgan fingerprint density at radius 3 is 1.97 bits per heavy atom. The first kappa shape index (κ1) is 24.1. The lowest BCUT2D eigenvalue weighted by Gasteiger charge is -2.19. The van der Waals surface area contributed by atoms with Crippen molar-refractivity contribution < 1.29 is 18.0 Å². The summed E-state index contributed by atoms with van der Waals surface area (Å²) >= 11 is 0. The lowest BCUT2D eigenvalue weighted by Crippen LogP contribution is -2.38. The van der Waals surface area contributed by atoms with Gasteiger partial charge in [-0.2, -0.15) is 0 Å². The number of nitrogens with zero attached hydrogens (tertiary/aromatic N) is 1. The normalized spacial score (nSPS) is 12.3. The summed E-state index contributed by atoms with van der Waals surface area (Å²) < 4.78 is 22.8. The van der Waals surface area contributed by atoms with Gasteiger partial charge in [0.05, 0.1) is 4.90 Å². The van der Waals surface area contributed by atoms with E-state index in [1.54, 1.807) is 26.8 Å². The van der Waals surface area contributed by atoms with Crippen LogP contribution in [0, 0.1) is 5.41 Å². The maximum absolute atomic E-state index is 12.9. The van der Waals surface area contributed by atoms with Crippen molar-refractivity contribution in [1.82, 2.24) is 5.32 Å². The van der Waals surface area contributed by atoms with Crippen molar-refractivity contribution in [3.05, 3.63) is 59.8 Å². The number of benzene rings is 2. The lowest BCUT2D eigenvalue weighted by atomic mass is 9.95. The molecule has 2 aromatic carbocycles. The van der Waals surface area contributed by atoms with Gasteiger partial charge >= 0.3 is 0 Å². The molecule has 0 radical (unpaired) electrons. The molecule has 0 saturated heterocycles. The second-order valence-corrected chi connectivity index (χ2v) is 9.83. The topological polar surface area (TPSA) is 122 Å². The molecule has 0 aromatic heterocycles. The number of hydrogen-bond acceptors (Lipinski definition) is 5. The van der Waals surface area contributed by atoms with E-state index in [2.05, 4.69) is 10.6 Å². The van der Waals surface area contributed by atoms with Gasteiger partial charge in [-0.3, -0.25) is 9.59 Å². The van der Waals surface area contributed by atoms with Gasteiger partial charge in [0.25, 0.3) is 5.91 Å². The van der Waals surface area contributed by atoms with Gasteiger partial charge in [-0.25, -0.2) is 13.6 Å². The number of amides is 2. The van der Waals surface area contributed by atoms with Gasteiger partial charge in [-0.15, -0.1) is 0 Å². The zero-order valence-electron chi connectivity index (χ0n) is 18.3. The average Bonchev–Trinajstić information content (AvgIpc) is 2.66. The molecule has 166 valence electrons. The molecule has 0 unspecified atom stereocenters. The zero-order chi connectivity index (χ0) is 23.4. The van der Waals surface area contributed by atoms with Crippen LogP contribution >= 0.6 is 0 Å². The summed E-state index contributed by atoms with van der Waals surface area (Å²) in [5.74, 6) is -0.860. The van der Waals surface area contributed by atoms with Crippen LogP contribution in [0.25, 0.3) is 6.08 Å². The summed E-state index contributed by atoms with van der Waals surface area (Å²) in [6, 6.07) is 12.9. The standard InChI is InChI=1S/C22H28N4O4S/c1-22(2,3)21(28)25-19(14-15-6-10-17(11-7-15)26(4)5)20(27)24-16-8-12-18(13-9-16)31(23,29)30/h6-14H,1-5H3,(H,24,27)(H,25,28)(H2,23,29,30)/b19-14+. The maximum atomic E-state index is 12.9. The van der Waals surface area contributed by atoms with Crippen LogP contribution in [0.15, 0.2) is 59.1 Å². The van der Waals surface area contributed by atoms with E-state index in [0.717, 1.165) is 11.3 Å². The summed E-state index contributed by atoms with van der Waals surface area (Å²) in [4.78, 5) is 27.3. The number of carbonyl (C=O) groups is 2. The Morgan fingerprint density at radius 1 is 0.968 bits per heavy atom. The zero-order valence-corrected chi connectivity index (χ0v) is 19.1. The van der Waals surface area contributed by atoms with Gasteiger partial charge in [-0.05, 0) is 48.0 Å². The van der Waals surface area contributed by atoms with Crippen molar-refractivity contribution in [2.75, 3.05) is 24.3 Å². The fraction of sp³-hybridized carbons (Fsp3) is 0.273. The van der Waals surface area contributed by atoms with Crippen molar-refractivity contribution >= 4 is 39.3 Å². The van der Waals surface area contributed by atoms with Crippen molar-refractivity contribution in [3.8, 4) is 0 Å². The molecule has 9 heteroatoms. The SMILES string of the molecule is CN(C)c1ccc(/C=C(/NC(=O)C(C)(C)C)C(=O)Nc2ccc(S(N)(=O)=O)cc2)cc1. The maximum Gasteiger partial charge on any atom is 0.272 e. The molecule has 0 bridgehead atoms. The molecule has 0 fully saturated rings. The Morgan fingerprint density at radius 2 is 1.52 bits per heavy atom. The van der Waals surface area contributed by atoms with Crippen LogP contribution in [0.3, 0.4) is 0 Å². The summed E-state index contributed by atoms with van der Waals surface area (Å²) in [6.07, 6.45) is 1.58. The predicted molar refractivity (Wildman–Crippen MR) is 123 cm³/mol. The number of nitrogens with two attached hydrogens (primary N) is 1. The van der Waals surface area contributed by atoms with Crippen LogP contribution in [0.4, 0.5) is 11.4 Å². The van der Waals surface area contributed by atoms with Crippen molar-refractivity contribution in [1.29, 1.82) is 0 Å². The lowest BCUT2D eigenvalue weighted by molar-refractivity contribution is -0.128. The summed E-state index contributed by atoms with van der Waals surface area (Å²) in [5, 5.41) is 10.4. The first-order valence-corrected chi connectivity index (χ1v) is 11.1. The van der Waals surface area contributed by atoms with Gasteiger partial charge in [0.15, 0.2) is 0 Å². The number of carbonyl (C=O) groups excluding carboxylic acids is 2. The number of anilines is 2. The third-order valence-electron chi connectivity index (χ3n) is 4.34. The summed E-state index contributed by atoms with van der Waals surface area (Å²) in [7, 11) is 0.0185. The number of nitrogens with one attached hydrogen (secondary N) is 2. The van der Waals surface area contributed by atoms with Gasteiger partial charge in [0.2, 0.25) is 15.9 Å². The number of hydrogen-bond donors (Lipinski definition) is 3. The van der Waals surface area contributed by atoms with Crippen LogP contribution in [0.2, 0.25) is 0 Å². The number of primary sulfonamides is 1. The molecule has 0 aliphatic carbocycles. The molecule has 4 N–H and O–H groups in total. The second-order valence-electron chi connectivity index (χ2n) is 8.27. The average molecular weight is 445 g/mol. The van der Waals surface area contributed by atoms with Crippen molar-refractivity contribution in [2.45, 2.75) is 25.7 Å². The van der Waals surface area contributed by atoms with E-state index in [-0.39, 0.29) is 16.5 Å². The first-order valence-electron chi connectivity index (χ1n) is 9.52. The van der Waals surface area contributed by atoms with E-state index in [0.29, 0.717) is 5.69 Å². The molecule has 0 aliphatic heterocycles. The molecule has 0 spiro atoms. The van der Waals surface area contributed by atoms with Crippen molar-refractivity contribution in [3.63, 3.8) is 0 Å². The van der Waals surface area contributed by atoms with Gasteiger partial charge in [0.1, 0.15) is 5.70 Å². The van der Waals surface area contributed by atoms with Crippen LogP contribution in [-0.2, 0) is 19.6 Å². The van der Waals surface area contributed by atoms with Gasteiger partial charge in [0, 0.05) is 30.9 Å². The fourth-order valence-electron chi connectivity index (χ4n) is 2.43. The Balaban J connectivity index is 2.32. The van der Waals surface area contributed by atoms with Crippen LogP contribution in [0.1, 0.15) is 26.3 Å². The van der Waals surface area contributed by atoms with E-state index in [1.165, 1.54) is 24.3 Å². The third kappa shape index (κ3) is 6.94. The van der Waals surface area contributed by atoms with Crippen LogP contribution < -0.4 is 20.7 Å². The molecule has 0 saturated carbocycles. The summed E-state index contributed by atoms with van der Waals surface area (Å²) in [6.45, 7) is 5.24. The first-order chi connectivity index (χ1) is 14.3. The molecule has 2 aromatic rings. The molecule has 2 amide bonds. The number of sulfonamides is 1. The van der Waals surface area contributed by atoms with E-state index < -0.39 is 21.3 Å². The monoisotopic (exact) mass is 444 g/mol. The molecule has 8 nitrogen and oxygen atoms in total. The van der Waals surface area contributed by atoms with Gasteiger partial charge < -0.3 is 15.5 Å². The highest BCUT2D eigenvalue weighted by molar-refractivity contribution is 7.89. The van der Waals surface area contributed by atoms with E-state index >= 15 is 0 Å². The highest BCUT2D eigenvalue weighted by Gasteiger charge is 2.24. The van der Waals surface area contributed by atoms with Crippen LogP contribution in [-0.4, -0.2) is 34.3 Å². The molecular weight excluding hydrogens is 416 g/mol. The van der Waals surface area contributed by atoms with E-state index in [9.17, 15) is 18.0 Å². The van der Waals surface area contributed by atoms with Crippen molar-refractivity contribution in [2.24, 2.45) is 10.6 Å². The quantitative estimate of drug-likeness (QED) is 0.591. The van der Waals surface area contributed by atoms with Crippen LogP contribution in [0.5, 0.6) is 0 Å². The second kappa shape index (κ2) is 9.32. The Bertz CT molecular complexity index is 1080. The number of rotatable bonds is 6. The van der Waals surface area contributed by atoms with Gasteiger partial charge in [-0.1, -0.05) is 32.9 Å². The highest BCUT2D eigenvalue weighted by atomic mass is 32.2. The largest absolute Gasteiger partial charge is 0.378 e. The minimum absolute atomic E-state index is 0.0630. The Kier molecular flexibility index (Phi) is 7.24. The highest BCUT2D eigenvalue weighted by Crippen LogP contribution is 2.18. The molecule has 31 heavy (non-hydrogen) atoms. The Hall–Kier alpha value is -3.17. The summed E-state index contributed by atoms with van der Waals surface area (Å²) in [5.41, 5.74) is 1.45. The minimum atomic E-state index is -3.83.